The molecule has 0 bridgehead atoms. The minimum Gasteiger partial charge on any atom is -0.376 e. The van der Waals surface area contributed by atoms with Crippen molar-refractivity contribution in [3.8, 4) is 0 Å². The van der Waals surface area contributed by atoms with Crippen molar-refractivity contribution in [3.63, 3.8) is 0 Å². The van der Waals surface area contributed by atoms with Gasteiger partial charge in [0, 0.05) is 18.0 Å². The summed E-state index contributed by atoms with van der Waals surface area (Å²) >= 11 is 18.4. The Bertz CT molecular complexity index is 629. The molecule has 0 aliphatic carbocycles. The topological polar surface area (TPSA) is 33.1 Å². The second-order valence-electron chi connectivity index (χ2n) is 5.22. The molecule has 1 N–H and O–H groups in total. The number of benzene rings is 1. The molecule has 0 aliphatic rings. The zero-order valence-corrected chi connectivity index (χ0v) is 14.3. The van der Waals surface area contributed by atoms with E-state index in [0.717, 1.165) is 16.7 Å². The van der Waals surface area contributed by atoms with Crippen molar-refractivity contribution in [2.45, 2.75) is 30.2 Å². The lowest BCUT2D eigenvalue weighted by Crippen LogP contribution is -2.42. The maximum Gasteiger partial charge on any atom is 0.227 e. The molecule has 2 aromatic rings. The highest BCUT2D eigenvalue weighted by atomic mass is 35.6. The van der Waals surface area contributed by atoms with Crippen LogP contribution in [-0.2, 0) is 5.60 Å². The van der Waals surface area contributed by atoms with Gasteiger partial charge < -0.3 is 5.11 Å². The largest absolute Gasteiger partial charge is 0.376 e. The minimum atomic E-state index is -1.93. The molecular formula is C16H16Cl3NO. The Hall–Kier alpha value is -0.800. The van der Waals surface area contributed by atoms with Crippen molar-refractivity contribution in [2.24, 2.45) is 0 Å². The Kier molecular flexibility index (Phi) is 4.55. The average Bonchev–Trinajstić information content (AvgIpc) is 2.37. The smallest absolute Gasteiger partial charge is 0.227 e. The number of rotatable bonds is 2. The molecule has 1 heterocycles. The zero-order valence-electron chi connectivity index (χ0n) is 12.0. The first-order valence-corrected chi connectivity index (χ1v) is 7.59. The maximum absolute atomic E-state index is 11.3. The first-order chi connectivity index (χ1) is 9.68. The average molecular weight is 345 g/mol. The maximum atomic E-state index is 11.3. The molecule has 1 atom stereocenters. The number of halogens is 3. The Labute approximate surface area is 139 Å². The van der Waals surface area contributed by atoms with E-state index < -0.39 is 9.39 Å². The quantitative estimate of drug-likeness (QED) is 0.807. The number of hydrogen-bond acceptors (Lipinski definition) is 2. The molecule has 1 unspecified atom stereocenters. The number of aromatic nitrogens is 1. The summed E-state index contributed by atoms with van der Waals surface area (Å²) in [5.41, 5.74) is 2.09. The van der Waals surface area contributed by atoms with Gasteiger partial charge in [-0.1, -0.05) is 58.6 Å². The predicted molar refractivity (Wildman–Crippen MR) is 88.2 cm³/mol. The summed E-state index contributed by atoms with van der Waals surface area (Å²) in [6, 6.07) is 7.32. The van der Waals surface area contributed by atoms with Gasteiger partial charge in [-0.3, -0.25) is 4.98 Å². The van der Waals surface area contributed by atoms with Crippen LogP contribution in [0.2, 0.25) is 0 Å². The van der Waals surface area contributed by atoms with Gasteiger partial charge in [-0.05, 0) is 43.5 Å². The molecule has 5 heteroatoms. The molecule has 1 aromatic carbocycles. The fourth-order valence-corrected chi connectivity index (χ4v) is 3.39. The third-order valence-corrected chi connectivity index (χ3v) is 4.35. The van der Waals surface area contributed by atoms with Crippen LogP contribution in [0.5, 0.6) is 0 Å². The SMILES string of the molecule is Cc1cc(C)c(C(O)(c2cccnc2)C(Cl)(Cl)Cl)c(C)c1. The van der Waals surface area contributed by atoms with Crippen LogP contribution in [0, 0.1) is 20.8 Å². The molecule has 2 nitrogen and oxygen atoms in total. The summed E-state index contributed by atoms with van der Waals surface area (Å²) in [5.74, 6) is 0. The van der Waals surface area contributed by atoms with E-state index in [2.05, 4.69) is 4.98 Å². The molecule has 0 radical (unpaired) electrons. The highest BCUT2D eigenvalue weighted by Crippen LogP contribution is 2.50. The normalized spacial score (nSPS) is 14.8. The van der Waals surface area contributed by atoms with Crippen LogP contribution in [0.4, 0.5) is 0 Å². The second kappa shape index (κ2) is 5.77. The summed E-state index contributed by atoms with van der Waals surface area (Å²) in [4.78, 5) is 4.03. The van der Waals surface area contributed by atoms with Gasteiger partial charge in [0.1, 0.15) is 0 Å². The fourth-order valence-electron chi connectivity index (χ4n) is 2.78. The van der Waals surface area contributed by atoms with Crippen molar-refractivity contribution >= 4 is 34.8 Å². The van der Waals surface area contributed by atoms with E-state index in [1.807, 2.05) is 32.9 Å². The number of hydrogen-bond donors (Lipinski definition) is 1. The number of aryl methyl sites for hydroxylation is 3. The minimum absolute atomic E-state index is 0.444. The molecule has 0 saturated heterocycles. The third kappa shape index (κ3) is 2.91. The molecule has 21 heavy (non-hydrogen) atoms. The highest BCUT2D eigenvalue weighted by Gasteiger charge is 2.51. The lowest BCUT2D eigenvalue weighted by molar-refractivity contribution is 0.0832. The van der Waals surface area contributed by atoms with Gasteiger partial charge in [0.15, 0.2) is 5.60 Å². The number of aliphatic hydroxyl groups is 1. The van der Waals surface area contributed by atoms with Crippen molar-refractivity contribution in [3.05, 3.63) is 64.5 Å². The van der Waals surface area contributed by atoms with Crippen LogP contribution in [0.25, 0.3) is 0 Å². The Morgan fingerprint density at radius 3 is 2.05 bits per heavy atom. The lowest BCUT2D eigenvalue weighted by atomic mass is 9.82. The van der Waals surface area contributed by atoms with Crippen LogP contribution in [-0.4, -0.2) is 13.9 Å². The van der Waals surface area contributed by atoms with Gasteiger partial charge >= 0.3 is 0 Å². The molecule has 0 amide bonds. The van der Waals surface area contributed by atoms with Gasteiger partial charge in [-0.25, -0.2) is 0 Å². The van der Waals surface area contributed by atoms with Crippen LogP contribution in [0.1, 0.15) is 27.8 Å². The van der Waals surface area contributed by atoms with Gasteiger partial charge in [-0.15, -0.1) is 0 Å². The van der Waals surface area contributed by atoms with Crippen molar-refractivity contribution in [2.75, 3.05) is 0 Å². The third-order valence-electron chi connectivity index (χ3n) is 3.53. The van der Waals surface area contributed by atoms with Gasteiger partial charge in [0.2, 0.25) is 3.79 Å². The van der Waals surface area contributed by atoms with Crippen LogP contribution in [0.15, 0.2) is 36.7 Å². The zero-order chi connectivity index (χ0) is 15.8. The van der Waals surface area contributed by atoms with Crippen molar-refractivity contribution in [1.82, 2.24) is 4.98 Å². The predicted octanol–water partition coefficient (Wildman–Crippen LogP) is 4.61. The van der Waals surface area contributed by atoms with Gasteiger partial charge in [0.05, 0.1) is 0 Å². The molecule has 0 fully saturated rings. The van der Waals surface area contributed by atoms with Crippen LogP contribution >= 0.6 is 34.8 Å². The number of nitrogens with zero attached hydrogens (tertiary/aromatic N) is 1. The Balaban J connectivity index is 2.81. The molecule has 0 spiro atoms. The molecule has 1 aromatic heterocycles. The van der Waals surface area contributed by atoms with E-state index in [1.54, 1.807) is 18.3 Å². The van der Waals surface area contributed by atoms with E-state index in [-0.39, 0.29) is 0 Å². The van der Waals surface area contributed by atoms with E-state index in [0.29, 0.717) is 11.1 Å². The molecule has 2 rings (SSSR count). The summed E-state index contributed by atoms with van der Waals surface area (Å²) in [6.45, 7) is 5.78. The fraction of sp³-hybridized carbons (Fsp3) is 0.312. The van der Waals surface area contributed by atoms with E-state index in [9.17, 15) is 5.11 Å². The Morgan fingerprint density at radius 1 is 1.05 bits per heavy atom. The monoisotopic (exact) mass is 343 g/mol. The molecule has 0 aliphatic heterocycles. The van der Waals surface area contributed by atoms with Crippen LogP contribution < -0.4 is 0 Å². The second-order valence-corrected chi connectivity index (χ2v) is 7.50. The summed E-state index contributed by atoms with van der Waals surface area (Å²) in [6.07, 6.45) is 3.12. The van der Waals surface area contributed by atoms with E-state index in [1.165, 1.54) is 6.20 Å². The summed E-state index contributed by atoms with van der Waals surface area (Å²) < 4.78 is -1.93. The van der Waals surface area contributed by atoms with Gasteiger partial charge in [-0.2, -0.15) is 0 Å². The Morgan fingerprint density at radius 2 is 1.62 bits per heavy atom. The van der Waals surface area contributed by atoms with E-state index in [4.69, 9.17) is 34.8 Å². The standard InChI is InChI=1S/C16H16Cl3NO/c1-10-7-11(2)14(12(3)8-10)15(21,16(17,18)19)13-5-4-6-20-9-13/h4-9,21H,1-3H3. The molecule has 112 valence electrons. The summed E-state index contributed by atoms with van der Waals surface area (Å²) in [7, 11) is 0. The van der Waals surface area contributed by atoms with Crippen molar-refractivity contribution < 1.29 is 5.11 Å². The first kappa shape index (κ1) is 16.6. The number of alkyl halides is 3. The molecular weight excluding hydrogens is 329 g/mol. The van der Waals surface area contributed by atoms with Crippen molar-refractivity contribution in [1.29, 1.82) is 0 Å². The lowest BCUT2D eigenvalue weighted by Gasteiger charge is -2.37. The number of pyridine rings is 1. The first-order valence-electron chi connectivity index (χ1n) is 6.46. The molecule has 0 saturated carbocycles. The van der Waals surface area contributed by atoms with Gasteiger partial charge in [0.25, 0.3) is 0 Å². The highest BCUT2D eigenvalue weighted by molar-refractivity contribution is 6.68. The van der Waals surface area contributed by atoms with E-state index >= 15 is 0 Å². The van der Waals surface area contributed by atoms with Crippen LogP contribution in [0.3, 0.4) is 0 Å². The summed E-state index contributed by atoms with van der Waals surface area (Å²) in [5, 5.41) is 11.3.